The Kier molecular flexibility index (Phi) is 4.45. The van der Waals surface area contributed by atoms with Gasteiger partial charge in [-0.15, -0.1) is 0 Å². The van der Waals surface area contributed by atoms with Crippen molar-refractivity contribution in [3.8, 4) is 6.01 Å². The number of nitrogens with two attached hydrogens (primary N) is 1. The highest BCUT2D eigenvalue weighted by molar-refractivity contribution is 5.82. The molecule has 0 aromatic carbocycles. The van der Waals surface area contributed by atoms with Crippen molar-refractivity contribution in [1.82, 2.24) is 19.5 Å². The van der Waals surface area contributed by atoms with Crippen molar-refractivity contribution >= 4 is 17.0 Å². The second kappa shape index (κ2) is 6.64. The number of aliphatic hydroxyl groups excluding tert-OH is 2. The summed E-state index contributed by atoms with van der Waals surface area (Å²) in [7, 11) is 0. The van der Waals surface area contributed by atoms with Crippen molar-refractivity contribution in [2.75, 3.05) is 5.73 Å². The lowest BCUT2D eigenvalue weighted by molar-refractivity contribution is -0.0300. The zero-order valence-corrected chi connectivity index (χ0v) is 14.9. The third-order valence-corrected chi connectivity index (χ3v) is 5.41. The summed E-state index contributed by atoms with van der Waals surface area (Å²) in [6, 6.07) is 0.206. The van der Waals surface area contributed by atoms with E-state index in [0.717, 1.165) is 31.6 Å². The molecule has 1 saturated heterocycles. The standard InChI is InChI=1S/C17H25N5O4/c1-8-3-5-10(6-4-8)26-17-20-14(18)11-15(21-17)22(7-19-11)16-13(24)12(23)9(2)25-16/h7-10,12-13,16,23-24H,3-6H2,1-2H3,(H2,18,20,21)/t8?,9-,10?,12-,13-,16-/m1/s1. The Morgan fingerprint density at radius 3 is 2.54 bits per heavy atom. The van der Waals surface area contributed by atoms with Gasteiger partial charge in [-0.25, -0.2) is 4.98 Å². The smallest absolute Gasteiger partial charge is 0.320 e. The summed E-state index contributed by atoms with van der Waals surface area (Å²) in [4.78, 5) is 12.9. The Balaban J connectivity index is 1.63. The predicted octanol–water partition coefficient (Wildman–Crippen LogP) is 1.01. The van der Waals surface area contributed by atoms with Crippen LogP contribution in [0.1, 0.15) is 45.8 Å². The number of aliphatic hydroxyl groups is 2. The van der Waals surface area contributed by atoms with Gasteiger partial charge < -0.3 is 25.4 Å². The van der Waals surface area contributed by atoms with Crippen molar-refractivity contribution in [3.63, 3.8) is 0 Å². The average molecular weight is 363 g/mol. The second-order valence-electron chi connectivity index (χ2n) is 7.43. The van der Waals surface area contributed by atoms with Crippen molar-refractivity contribution in [1.29, 1.82) is 0 Å². The summed E-state index contributed by atoms with van der Waals surface area (Å²) in [5.74, 6) is 0.938. The molecule has 0 spiro atoms. The van der Waals surface area contributed by atoms with E-state index in [-0.39, 0.29) is 17.9 Å². The number of fused-ring (bicyclic) bond motifs is 1. The monoisotopic (exact) mass is 363 g/mol. The molecule has 0 unspecified atom stereocenters. The minimum absolute atomic E-state index is 0.0783. The molecule has 9 heteroatoms. The van der Waals surface area contributed by atoms with Gasteiger partial charge in [-0.05, 0) is 38.5 Å². The molecule has 2 aromatic rings. The number of rotatable bonds is 3. The highest BCUT2D eigenvalue weighted by atomic mass is 16.6. The van der Waals surface area contributed by atoms with Crippen LogP contribution in [0, 0.1) is 5.92 Å². The first-order chi connectivity index (χ1) is 12.4. The number of hydrogen-bond acceptors (Lipinski definition) is 8. The summed E-state index contributed by atoms with van der Waals surface area (Å²) < 4.78 is 13.2. The lowest BCUT2D eigenvalue weighted by atomic mass is 9.89. The largest absolute Gasteiger partial charge is 0.460 e. The highest BCUT2D eigenvalue weighted by Gasteiger charge is 2.42. The van der Waals surface area contributed by atoms with Gasteiger partial charge in [0.15, 0.2) is 23.2 Å². The van der Waals surface area contributed by atoms with Crippen LogP contribution in [0.5, 0.6) is 6.01 Å². The van der Waals surface area contributed by atoms with Gasteiger partial charge in [0, 0.05) is 0 Å². The Hall–Kier alpha value is -1.97. The molecule has 1 aliphatic heterocycles. The van der Waals surface area contributed by atoms with Gasteiger partial charge in [-0.3, -0.25) is 4.57 Å². The normalized spacial score (nSPS) is 35.1. The first-order valence-electron chi connectivity index (χ1n) is 9.12. The molecule has 4 atom stereocenters. The zero-order chi connectivity index (χ0) is 18.4. The fourth-order valence-corrected chi connectivity index (χ4v) is 3.71. The predicted molar refractivity (Wildman–Crippen MR) is 93.4 cm³/mol. The number of nitrogen functional groups attached to an aromatic ring is 1. The molecule has 1 saturated carbocycles. The van der Waals surface area contributed by atoms with Gasteiger partial charge in [0.05, 0.1) is 12.4 Å². The summed E-state index contributed by atoms with van der Waals surface area (Å²) in [6.45, 7) is 3.95. The van der Waals surface area contributed by atoms with Crippen LogP contribution in [-0.2, 0) is 4.74 Å². The number of aromatic nitrogens is 4. The number of ether oxygens (including phenoxy) is 2. The molecule has 1 aliphatic carbocycles. The van der Waals surface area contributed by atoms with E-state index < -0.39 is 24.5 Å². The summed E-state index contributed by atoms with van der Waals surface area (Å²) in [6.07, 6.45) is 2.41. The first kappa shape index (κ1) is 17.4. The maximum atomic E-state index is 10.3. The van der Waals surface area contributed by atoms with Crippen molar-refractivity contribution in [2.24, 2.45) is 5.92 Å². The van der Waals surface area contributed by atoms with E-state index in [4.69, 9.17) is 15.2 Å². The van der Waals surface area contributed by atoms with Crippen LogP contribution in [0.2, 0.25) is 0 Å². The van der Waals surface area contributed by atoms with Gasteiger partial charge >= 0.3 is 6.01 Å². The summed E-state index contributed by atoms with van der Waals surface area (Å²) >= 11 is 0. The maximum absolute atomic E-state index is 10.3. The molecule has 0 amide bonds. The van der Waals surface area contributed by atoms with Crippen LogP contribution in [0.15, 0.2) is 6.33 Å². The maximum Gasteiger partial charge on any atom is 0.320 e. The Morgan fingerprint density at radius 1 is 1.15 bits per heavy atom. The first-order valence-corrected chi connectivity index (χ1v) is 9.12. The van der Waals surface area contributed by atoms with E-state index in [1.54, 1.807) is 11.5 Å². The fraction of sp³-hybridized carbons (Fsp3) is 0.706. The van der Waals surface area contributed by atoms with Gasteiger partial charge in [-0.1, -0.05) is 6.92 Å². The lowest BCUT2D eigenvalue weighted by Crippen LogP contribution is -2.30. The fourth-order valence-electron chi connectivity index (χ4n) is 3.71. The number of hydrogen-bond donors (Lipinski definition) is 3. The zero-order valence-electron chi connectivity index (χ0n) is 14.9. The van der Waals surface area contributed by atoms with E-state index in [1.165, 1.54) is 6.33 Å². The third kappa shape index (κ3) is 3.00. The Morgan fingerprint density at radius 2 is 1.88 bits per heavy atom. The molecule has 4 rings (SSSR count). The topological polar surface area (TPSA) is 129 Å². The van der Waals surface area contributed by atoms with Crippen LogP contribution < -0.4 is 10.5 Å². The van der Waals surface area contributed by atoms with Crippen molar-refractivity contribution in [2.45, 2.75) is 70.2 Å². The van der Waals surface area contributed by atoms with Gasteiger partial charge in [0.1, 0.15) is 18.3 Å². The number of nitrogens with zero attached hydrogens (tertiary/aromatic N) is 4. The van der Waals surface area contributed by atoms with Crippen LogP contribution in [0.25, 0.3) is 11.2 Å². The van der Waals surface area contributed by atoms with Crippen LogP contribution in [0.3, 0.4) is 0 Å². The van der Waals surface area contributed by atoms with Crippen LogP contribution >= 0.6 is 0 Å². The van der Waals surface area contributed by atoms with Gasteiger partial charge in [0.25, 0.3) is 0 Å². The van der Waals surface area contributed by atoms with Gasteiger partial charge in [-0.2, -0.15) is 9.97 Å². The van der Waals surface area contributed by atoms with Crippen molar-refractivity contribution < 1.29 is 19.7 Å². The van der Waals surface area contributed by atoms with E-state index in [9.17, 15) is 10.2 Å². The van der Waals surface area contributed by atoms with Crippen LogP contribution in [-0.4, -0.2) is 54.1 Å². The molecule has 0 bridgehead atoms. The number of imidazole rings is 1. The minimum Gasteiger partial charge on any atom is -0.460 e. The SMILES string of the molecule is CC1CCC(Oc2nc(N)c3ncn([C@@H]4O[C@H](C)[C@@H](O)[C@H]4O)c3n2)CC1. The molecule has 142 valence electrons. The summed E-state index contributed by atoms with van der Waals surface area (Å²) in [5.41, 5.74) is 6.86. The number of anilines is 1. The Bertz CT molecular complexity index is 789. The second-order valence-corrected chi connectivity index (χ2v) is 7.43. The summed E-state index contributed by atoms with van der Waals surface area (Å²) in [5, 5.41) is 20.2. The van der Waals surface area contributed by atoms with Crippen LogP contribution in [0.4, 0.5) is 5.82 Å². The Labute approximate surface area is 151 Å². The quantitative estimate of drug-likeness (QED) is 0.737. The highest BCUT2D eigenvalue weighted by Crippen LogP contribution is 2.33. The van der Waals surface area contributed by atoms with E-state index in [1.807, 2.05) is 0 Å². The molecule has 26 heavy (non-hydrogen) atoms. The van der Waals surface area contributed by atoms with E-state index >= 15 is 0 Å². The van der Waals surface area contributed by atoms with Gasteiger partial charge in [0.2, 0.25) is 0 Å². The minimum atomic E-state index is -1.08. The van der Waals surface area contributed by atoms with E-state index in [2.05, 4.69) is 21.9 Å². The van der Waals surface area contributed by atoms with E-state index in [0.29, 0.717) is 11.2 Å². The van der Waals surface area contributed by atoms with Crippen molar-refractivity contribution in [3.05, 3.63) is 6.33 Å². The molecule has 3 heterocycles. The molecular weight excluding hydrogens is 338 g/mol. The molecule has 9 nitrogen and oxygen atoms in total. The molecule has 2 aliphatic rings. The third-order valence-electron chi connectivity index (χ3n) is 5.41. The lowest BCUT2D eigenvalue weighted by Gasteiger charge is -2.26. The molecular formula is C17H25N5O4. The molecule has 0 radical (unpaired) electrons. The molecule has 4 N–H and O–H groups in total. The molecule has 2 fully saturated rings. The average Bonchev–Trinajstić information content (AvgIpc) is 3.14. The molecule has 2 aromatic heterocycles.